The van der Waals surface area contributed by atoms with Crippen molar-refractivity contribution in [2.75, 3.05) is 0 Å². The van der Waals surface area contributed by atoms with Gasteiger partial charge in [-0.15, -0.1) is 0 Å². The van der Waals surface area contributed by atoms with Crippen molar-refractivity contribution in [3.8, 4) is 0 Å². The van der Waals surface area contributed by atoms with Crippen molar-refractivity contribution in [1.82, 2.24) is 14.1 Å². The van der Waals surface area contributed by atoms with Crippen LogP contribution in [0.15, 0.2) is 16.9 Å². The van der Waals surface area contributed by atoms with E-state index in [2.05, 4.69) is 4.98 Å². The van der Waals surface area contributed by atoms with Crippen LogP contribution in [0.3, 0.4) is 0 Å². The Morgan fingerprint density at radius 1 is 1.47 bits per heavy atom. The van der Waals surface area contributed by atoms with Crippen molar-refractivity contribution in [2.45, 2.75) is 26.1 Å². The van der Waals surface area contributed by atoms with Crippen LogP contribution in [0.1, 0.15) is 13.8 Å². The van der Waals surface area contributed by atoms with Crippen LogP contribution in [0.25, 0.3) is 11.2 Å². The fraction of sp³-hybridized carbons (Fsp3) is 0.455. The molecular weight excluding hydrogens is 245 g/mol. The lowest BCUT2D eigenvalue weighted by Gasteiger charge is -2.14. The second-order valence-corrected chi connectivity index (χ2v) is 5.01. The second kappa shape index (κ2) is 3.84. The van der Waals surface area contributed by atoms with Gasteiger partial charge in [-0.05, 0) is 26.0 Å². The van der Waals surface area contributed by atoms with Crippen LogP contribution in [0.2, 0.25) is 5.15 Å². The van der Waals surface area contributed by atoms with Gasteiger partial charge >= 0.3 is 5.69 Å². The normalized spacial score (nSPS) is 12.3. The molecule has 92 valence electrons. The third-order valence-corrected chi connectivity index (χ3v) is 2.69. The van der Waals surface area contributed by atoms with E-state index in [0.29, 0.717) is 16.3 Å². The third-order valence-electron chi connectivity index (χ3n) is 2.48. The third kappa shape index (κ3) is 2.20. The van der Waals surface area contributed by atoms with Crippen LogP contribution < -0.4 is 5.69 Å². The lowest BCUT2D eigenvalue weighted by molar-refractivity contribution is 0.186. The predicted octanol–water partition coefficient (Wildman–Crippen LogP) is 2.14. The highest BCUT2D eigenvalue weighted by atomic mass is 35.5. The van der Waals surface area contributed by atoms with Crippen molar-refractivity contribution >= 4 is 22.8 Å². The topological polar surface area (TPSA) is 39.8 Å². The second-order valence-electron chi connectivity index (χ2n) is 4.62. The predicted molar refractivity (Wildman–Crippen MR) is 65.2 cm³/mol. The van der Waals surface area contributed by atoms with Gasteiger partial charge in [-0.3, -0.25) is 9.13 Å². The fourth-order valence-electron chi connectivity index (χ4n) is 1.78. The molecule has 0 bridgehead atoms. The molecule has 0 aliphatic heterocycles. The van der Waals surface area contributed by atoms with Crippen LogP contribution >= 0.6 is 11.6 Å². The van der Waals surface area contributed by atoms with Crippen molar-refractivity contribution in [3.05, 3.63) is 27.8 Å². The van der Waals surface area contributed by atoms with E-state index in [1.54, 1.807) is 19.2 Å². The summed E-state index contributed by atoms with van der Waals surface area (Å²) in [6.45, 7) is 2.86. The minimum absolute atomic E-state index is 0.00745. The van der Waals surface area contributed by atoms with Gasteiger partial charge < -0.3 is 0 Å². The smallest absolute Gasteiger partial charge is 0.287 e. The van der Waals surface area contributed by atoms with Gasteiger partial charge in [-0.1, -0.05) is 11.6 Å². The lowest BCUT2D eigenvalue weighted by Crippen LogP contribution is -2.30. The first-order valence-electron chi connectivity index (χ1n) is 5.20. The molecule has 0 spiro atoms. The number of hydrogen-bond donors (Lipinski definition) is 0. The summed E-state index contributed by atoms with van der Waals surface area (Å²) in [7, 11) is 1.59. The Balaban J connectivity index is 2.72. The average molecular weight is 258 g/mol. The SMILES string of the molecule is Cn1c(=O)n(CC(C)(C)F)c2ccc(Cl)nc21. The summed E-state index contributed by atoms with van der Waals surface area (Å²) >= 11 is 5.78. The zero-order valence-corrected chi connectivity index (χ0v) is 10.6. The highest BCUT2D eigenvalue weighted by Crippen LogP contribution is 2.17. The molecule has 0 unspecified atom stereocenters. The van der Waals surface area contributed by atoms with Crippen LogP contribution in [0.4, 0.5) is 4.39 Å². The lowest BCUT2D eigenvalue weighted by atomic mass is 10.2. The first-order chi connectivity index (χ1) is 7.79. The van der Waals surface area contributed by atoms with Gasteiger partial charge in [0.05, 0.1) is 12.1 Å². The van der Waals surface area contributed by atoms with Gasteiger partial charge in [0.1, 0.15) is 10.8 Å². The molecule has 0 radical (unpaired) electrons. The molecule has 0 saturated heterocycles. The minimum atomic E-state index is -1.46. The Hall–Kier alpha value is -1.36. The van der Waals surface area contributed by atoms with Gasteiger partial charge in [-0.2, -0.15) is 0 Å². The first kappa shape index (κ1) is 12.1. The quantitative estimate of drug-likeness (QED) is 0.774. The molecule has 2 heterocycles. The van der Waals surface area contributed by atoms with Crippen LogP contribution in [0.5, 0.6) is 0 Å². The number of pyridine rings is 1. The molecule has 17 heavy (non-hydrogen) atoms. The van der Waals surface area contributed by atoms with E-state index in [0.717, 1.165) is 0 Å². The molecule has 0 aliphatic carbocycles. The Morgan fingerprint density at radius 3 is 2.71 bits per heavy atom. The molecule has 6 heteroatoms. The first-order valence-corrected chi connectivity index (χ1v) is 5.58. The molecule has 2 aromatic heterocycles. The average Bonchev–Trinajstić information content (AvgIpc) is 2.42. The van der Waals surface area contributed by atoms with Crippen molar-refractivity contribution in [3.63, 3.8) is 0 Å². The molecule has 0 fully saturated rings. The Bertz CT molecular complexity index is 624. The monoisotopic (exact) mass is 257 g/mol. The molecule has 2 aromatic rings. The summed E-state index contributed by atoms with van der Waals surface area (Å²) in [6.07, 6.45) is 0. The molecule has 0 amide bonds. The molecular formula is C11H13ClFN3O. The number of aryl methyl sites for hydroxylation is 1. The number of rotatable bonds is 2. The zero-order valence-electron chi connectivity index (χ0n) is 9.87. The summed E-state index contributed by atoms with van der Waals surface area (Å²) in [5.41, 5.74) is -0.697. The Morgan fingerprint density at radius 2 is 2.12 bits per heavy atom. The van der Waals surface area contributed by atoms with E-state index in [9.17, 15) is 9.18 Å². The number of halogens is 2. The van der Waals surface area contributed by atoms with Crippen LogP contribution in [-0.2, 0) is 13.6 Å². The van der Waals surface area contributed by atoms with Gasteiger partial charge in [-0.25, -0.2) is 14.2 Å². The van der Waals surface area contributed by atoms with Crippen molar-refractivity contribution in [2.24, 2.45) is 7.05 Å². The zero-order chi connectivity index (χ0) is 12.8. The molecule has 0 saturated carbocycles. The van der Waals surface area contributed by atoms with Gasteiger partial charge in [0.15, 0.2) is 5.65 Å². The highest BCUT2D eigenvalue weighted by molar-refractivity contribution is 6.29. The number of aromatic nitrogens is 3. The number of imidazole rings is 1. The van der Waals surface area contributed by atoms with Crippen molar-refractivity contribution in [1.29, 1.82) is 0 Å². The van der Waals surface area contributed by atoms with E-state index in [-0.39, 0.29) is 12.2 Å². The molecule has 0 aliphatic rings. The van der Waals surface area contributed by atoms with E-state index < -0.39 is 5.67 Å². The van der Waals surface area contributed by atoms with E-state index in [1.165, 1.54) is 23.0 Å². The van der Waals surface area contributed by atoms with Crippen LogP contribution in [0, 0.1) is 0 Å². The number of alkyl halides is 1. The molecule has 0 N–H and O–H groups in total. The Labute approximate surface area is 103 Å². The molecule has 0 atom stereocenters. The number of nitrogens with zero attached hydrogens (tertiary/aromatic N) is 3. The van der Waals surface area contributed by atoms with E-state index in [4.69, 9.17) is 11.6 Å². The standard InChI is InChI=1S/C11H13ClFN3O/c1-11(2,13)6-16-7-4-5-8(12)14-9(7)15(3)10(16)17/h4-5H,6H2,1-3H3. The molecule has 2 rings (SSSR count). The number of hydrogen-bond acceptors (Lipinski definition) is 2. The largest absolute Gasteiger partial charge is 0.330 e. The van der Waals surface area contributed by atoms with Gasteiger partial charge in [0.25, 0.3) is 0 Å². The minimum Gasteiger partial charge on any atom is -0.287 e. The van der Waals surface area contributed by atoms with Gasteiger partial charge in [0, 0.05) is 7.05 Å². The molecule has 0 aromatic carbocycles. The van der Waals surface area contributed by atoms with E-state index in [1.807, 2.05) is 0 Å². The highest BCUT2D eigenvalue weighted by Gasteiger charge is 2.21. The maximum atomic E-state index is 13.7. The summed E-state index contributed by atoms with van der Waals surface area (Å²) in [4.78, 5) is 16.0. The Kier molecular flexibility index (Phi) is 2.73. The summed E-state index contributed by atoms with van der Waals surface area (Å²) in [6, 6.07) is 3.27. The van der Waals surface area contributed by atoms with Crippen molar-refractivity contribution < 1.29 is 4.39 Å². The van der Waals surface area contributed by atoms with Crippen LogP contribution in [-0.4, -0.2) is 19.8 Å². The number of fused-ring (bicyclic) bond motifs is 1. The fourth-order valence-corrected chi connectivity index (χ4v) is 1.92. The summed E-state index contributed by atoms with van der Waals surface area (Å²) < 4.78 is 16.4. The maximum Gasteiger partial charge on any atom is 0.330 e. The summed E-state index contributed by atoms with van der Waals surface area (Å²) in [5.74, 6) is 0. The van der Waals surface area contributed by atoms with E-state index >= 15 is 0 Å². The summed E-state index contributed by atoms with van der Waals surface area (Å²) in [5, 5.41) is 0.310. The molecule has 4 nitrogen and oxygen atoms in total. The van der Waals surface area contributed by atoms with Gasteiger partial charge in [0.2, 0.25) is 0 Å². The maximum absolute atomic E-state index is 13.7.